The number of Topliss-reactive ketones (excluding diaryl/α,β-unsaturated/α-hetero) is 1. The Morgan fingerprint density at radius 1 is 1.00 bits per heavy atom. The first-order chi connectivity index (χ1) is 14.2. The van der Waals surface area contributed by atoms with E-state index in [1.54, 1.807) is 0 Å². The third-order valence-electron chi connectivity index (χ3n) is 6.42. The molecule has 0 aromatic heterocycles. The number of benzene rings is 2. The molecule has 3 unspecified atom stereocenters. The van der Waals surface area contributed by atoms with Crippen molar-refractivity contribution in [2.75, 3.05) is 6.54 Å². The van der Waals surface area contributed by atoms with E-state index in [0.717, 1.165) is 31.2 Å². The molecule has 1 heterocycles. The summed E-state index contributed by atoms with van der Waals surface area (Å²) in [6.45, 7) is 0.969. The van der Waals surface area contributed by atoms with Crippen molar-refractivity contribution in [3.8, 4) is 0 Å². The topological polar surface area (TPSA) is 46.6 Å². The summed E-state index contributed by atoms with van der Waals surface area (Å²) >= 11 is 0. The van der Waals surface area contributed by atoms with Crippen molar-refractivity contribution in [1.82, 2.24) is 4.90 Å². The second kappa shape index (κ2) is 9.25. The Morgan fingerprint density at radius 2 is 1.72 bits per heavy atom. The van der Waals surface area contributed by atoms with Crippen LogP contribution in [0, 0.1) is 5.92 Å². The lowest BCUT2D eigenvalue weighted by Gasteiger charge is -2.43. The van der Waals surface area contributed by atoms with Crippen LogP contribution in [0.15, 0.2) is 60.7 Å². The molecule has 3 atom stereocenters. The van der Waals surface area contributed by atoms with Crippen molar-refractivity contribution < 1.29 is 14.3 Å². The Balaban J connectivity index is 1.48. The smallest absolute Gasteiger partial charge is 0.410 e. The van der Waals surface area contributed by atoms with Gasteiger partial charge >= 0.3 is 6.09 Å². The molecule has 0 N–H and O–H groups in total. The highest BCUT2D eigenvalue weighted by molar-refractivity contribution is 5.79. The summed E-state index contributed by atoms with van der Waals surface area (Å²) < 4.78 is 5.66. The second-order valence-electron chi connectivity index (χ2n) is 8.33. The van der Waals surface area contributed by atoms with Crippen molar-refractivity contribution in [3.05, 3.63) is 71.8 Å². The number of piperidine rings is 1. The van der Waals surface area contributed by atoms with E-state index in [-0.39, 0.29) is 24.7 Å². The summed E-state index contributed by atoms with van der Waals surface area (Å²) in [5.74, 6) is 1.00. The molecule has 4 nitrogen and oxygen atoms in total. The van der Waals surface area contributed by atoms with Gasteiger partial charge in [-0.15, -0.1) is 0 Å². The van der Waals surface area contributed by atoms with Crippen LogP contribution < -0.4 is 0 Å². The van der Waals surface area contributed by atoms with E-state index in [9.17, 15) is 9.59 Å². The number of carbonyl (C=O) groups is 2. The van der Waals surface area contributed by atoms with Gasteiger partial charge in [-0.2, -0.15) is 0 Å². The van der Waals surface area contributed by atoms with Crippen LogP contribution in [-0.4, -0.2) is 29.4 Å². The minimum atomic E-state index is -0.247. The van der Waals surface area contributed by atoms with Gasteiger partial charge in [0.1, 0.15) is 12.4 Å². The number of ketones is 1. The monoisotopic (exact) mass is 391 g/mol. The number of hydrogen-bond acceptors (Lipinski definition) is 3. The zero-order chi connectivity index (χ0) is 20.1. The lowest BCUT2D eigenvalue weighted by molar-refractivity contribution is -0.122. The van der Waals surface area contributed by atoms with Crippen molar-refractivity contribution in [2.45, 2.75) is 57.1 Å². The van der Waals surface area contributed by atoms with Gasteiger partial charge in [0, 0.05) is 25.4 Å². The van der Waals surface area contributed by atoms with E-state index < -0.39 is 0 Å². The summed E-state index contributed by atoms with van der Waals surface area (Å²) in [6, 6.07) is 20.4. The van der Waals surface area contributed by atoms with Gasteiger partial charge < -0.3 is 9.64 Å². The molecule has 152 valence electrons. The number of ether oxygens (including phenoxy) is 1. The summed E-state index contributed by atoms with van der Waals surface area (Å²) in [7, 11) is 0. The molecule has 0 bridgehead atoms. The van der Waals surface area contributed by atoms with Crippen LogP contribution in [-0.2, 0) is 16.1 Å². The Morgan fingerprint density at radius 3 is 2.45 bits per heavy atom. The van der Waals surface area contributed by atoms with Gasteiger partial charge in [-0.1, -0.05) is 60.7 Å². The molecule has 0 spiro atoms. The largest absolute Gasteiger partial charge is 0.445 e. The maximum absolute atomic E-state index is 13.0. The van der Waals surface area contributed by atoms with E-state index in [2.05, 4.69) is 24.3 Å². The van der Waals surface area contributed by atoms with Crippen molar-refractivity contribution >= 4 is 11.9 Å². The Bertz CT molecular complexity index is 820. The first-order valence-electron chi connectivity index (χ1n) is 10.7. The first kappa shape index (κ1) is 19.7. The van der Waals surface area contributed by atoms with Gasteiger partial charge in [0.2, 0.25) is 0 Å². The highest BCUT2D eigenvalue weighted by Crippen LogP contribution is 2.38. The standard InChI is InChI=1S/C25H29NO3/c27-23-13-7-12-22(16-23)24-17-21(20-10-5-2-6-11-20)14-15-26(24)25(28)29-18-19-8-3-1-4-9-19/h1-6,8-11,21-22,24H,7,12-18H2. The highest BCUT2D eigenvalue weighted by Gasteiger charge is 2.39. The van der Waals surface area contributed by atoms with Gasteiger partial charge in [-0.05, 0) is 48.6 Å². The first-order valence-corrected chi connectivity index (χ1v) is 10.7. The molecule has 4 rings (SSSR count). The average molecular weight is 392 g/mol. The highest BCUT2D eigenvalue weighted by atomic mass is 16.6. The van der Waals surface area contributed by atoms with Gasteiger partial charge in [-0.25, -0.2) is 4.79 Å². The maximum atomic E-state index is 13.0. The minimum Gasteiger partial charge on any atom is -0.445 e. The third-order valence-corrected chi connectivity index (χ3v) is 6.42. The van der Waals surface area contributed by atoms with Gasteiger partial charge in [0.15, 0.2) is 0 Å². The lowest BCUT2D eigenvalue weighted by atomic mass is 9.75. The van der Waals surface area contributed by atoms with Gasteiger partial charge in [0.05, 0.1) is 0 Å². The molecule has 2 aromatic carbocycles. The van der Waals surface area contributed by atoms with E-state index in [1.807, 2.05) is 41.3 Å². The predicted octanol–water partition coefficient (Wildman–Crippen LogP) is 5.33. The SMILES string of the molecule is O=C1CCCC(C2CC(c3ccccc3)CCN2C(=O)OCc2ccccc2)C1. The number of rotatable bonds is 4. The van der Waals surface area contributed by atoms with E-state index >= 15 is 0 Å². The summed E-state index contributed by atoms with van der Waals surface area (Å²) in [6.07, 6.45) is 4.81. The minimum absolute atomic E-state index is 0.0708. The van der Waals surface area contributed by atoms with E-state index in [0.29, 0.717) is 31.1 Å². The van der Waals surface area contributed by atoms with Gasteiger partial charge in [-0.3, -0.25) is 4.79 Å². The summed E-state index contributed by atoms with van der Waals surface area (Å²) in [4.78, 5) is 27.0. The summed E-state index contributed by atoms with van der Waals surface area (Å²) in [5.41, 5.74) is 2.32. The second-order valence-corrected chi connectivity index (χ2v) is 8.33. The predicted molar refractivity (Wildman–Crippen MR) is 113 cm³/mol. The molecule has 2 aliphatic rings. The maximum Gasteiger partial charge on any atom is 0.410 e. The molecule has 29 heavy (non-hydrogen) atoms. The zero-order valence-electron chi connectivity index (χ0n) is 16.8. The van der Waals surface area contributed by atoms with Crippen LogP contribution in [0.2, 0.25) is 0 Å². The Kier molecular flexibility index (Phi) is 6.28. The van der Waals surface area contributed by atoms with Gasteiger partial charge in [0.25, 0.3) is 0 Å². The summed E-state index contributed by atoms with van der Waals surface area (Å²) in [5, 5.41) is 0. The molecule has 2 aromatic rings. The molecule has 4 heteroatoms. The van der Waals surface area contributed by atoms with E-state index in [1.165, 1.54) is 5.56 Å². The molecule has 1 saturated heterocycles. The normalized spacial score (nSPS) is 24.9. The number of amides is 1. The van der Waals surface area contributed by atoms with Crippen LogP contribution in [0.4, 0.5) is 4.79 Å². The number of likely N-dealkylation sites (tertiary alicyclic amines) is 1. The molecule has 1 aliphatic heterocycles. The molecule has 1 amide bonds. The molecular weight excluding hydrogens is 362 g/mol. The quantitative estimate of drug-likeness (QED) is 0.708. The Labute approximate surface area is 172 Å². The number of carbonyl (C=O) groups excluding carboxylic acids is 2. The van der Waals surface area contributed by atoms with Crippen molar-refractivity contribution in [2.24, 2.45) is 5.92 Å². The van der Waals surface area contributed by atoms with Crippen LogP contribution in [0.1, 0.15) is 55.6 Å². The fourth-order valence-corrected chi connectivity index (χ4v) is 4.89. The third kappa shape index (κ3) is 4.87. The molecule has 2 fully saturated rings. The Hall–Kier alpha value is -2.62. The molecular formula is C25H29NO3. The number of hydrogen-bond donors (Lipinski definition) is 0. The fraction of sp³-hybridized carbons (Fsp3) is 0.440. The van der Waals surface area contributed by atoms with E-state index in [4.69, 9.17) is 4.74 Å². The van der Waals surface area contributed by atoms with Crippen molar-refractivity contribution in [1.29, 1.82) is 0 Å². The zero-order valence-corrected chi connectivity index (χ0v) is 16.8. The number of nitrogens with zero attached hydrogens (tertiary/aromatic N) is 1. The van der Waals surface area contributed by atoms with Crippen LogP contribution in [0.25, 0.3) is 0 Å². The fourth-order valence-electron chi connectivity index (χ4n) is 4.89. The molecule has 0 radical (unpaired) electrons. The van der Waals surface area contributed by atoms with Crippen LogP contribution in [0.3, 0.4) is 0 Å². The van der Waals surface area contributed by atoms with Crippen LogP contribution >= 0.6 is 0 Å². The molecule has 1 saturated carbocycles. The van der Waals surface area contributed by atoms with Crippen molar-refractivity contribution in [3.63, 3.8) is 0 Å². The molecule has 1 aliphatic carbocycles. The average Bonchev–Trinajstić information content (AvgIpc) is 2.78. The van der Waals surface area contributed by atoms with Crippen LogP contribution in [0.5, 0.6) is 0 Å². The lowest BCUT2D eigenvalue weighted by Crippen LogP contribution is -2.50.